The van der Waals surface area contributed by atoms with E-state index in [-0.39, 0.29) is 10.6 Å². The first kappa shape index (κ1) is 19.3. The zero-order valence-electron chi connectivity index (χ0n) is 15.9. The number of aromatic amines is 1. The van der Waals surface area contributed by atoms with E-state index in [2.05, 4.69) is 9.97 Å². The van der Waals surface area contributed by atoms with Crippen LogP contribution in [0.25, 0.3) is 11.0 Å². The molecule has 152 valence electrons. The van der Waals surface area contributed by atoms with Crippen LogP contribution in [-0.4, -0.2) is 47.8 Å². The van der Waals surface area contributed by atoms with Gasteiger partial charge in [0.05, 0.1) is 28.2 Å². The van der Waals surface area contributed by atoms with Crippen LogP contribution in [0.1, 0.15) is 18.7 Å². The average Bonchev–Trinajstić information content (AvgIpc) is 3.37. The number of nitrogens with one attached hydrogen (secondary N) is 1. The molecule has 0 radical (unpaired) electrons. The topological polar surface area (TPSA) is 112 Å². The van der Waals surface area contributed by atoms with Crippen LogP contribution in [0.2, 0.25) is 0 Å². The molecular formula is C19H21N5O4S. The molecule has 10 heteroatoms. The Morgan fingerprint density at radius 3 is 2.62 bits per heavy atom. The predicted octanol–water partition coefficient (Wildman–Crippen LogP) is 2.89. The van der Waals surface area contributed by atoms with Crippen molar-refractivity contribution in [3.05, 3.63) is 58.4 Å². The third-order valence-electron chi connectivity index (χ3n) is 5.07. The highest BCUT2D eigenvalue weighted by molar-refractivity contribution is 7.89. The normalized spacial score (nSPS) is 15.1. The maximum atomic E-state index is 13.2. The molecule has 0 unspecified atom stereocenters. The maximum Gasteiger partial charge on any atom is 0.270 e. The molecule has 1 N–H and O–H groups in total. The Balaban J connectivity index is 1.72. The number of non-ortho nitro benzene ring substituents is 1. The summed E-state index contributed by atoms with van der Waals surface area (Å²) in [6.07, 6.45) is 1.58. The molecule has 0 spiro atoms. The van der Waals surface area contributed by atoms with Crippen molar-refractivity contribution >= 4 is 32.4 Å². The molecule has 9 nitrogen and oxygen atoms in total. The molecule has 0 amide bonds. The van der Waals surface area contributed by atoms with Crippen molar-refractivity contribution in [3.63, 3.8) is 0 Å². The molecule has 0 atom stereocenters. The first-order valence-electron chi connectivity index (χ1n) is 9.29. The van der Waals surface area contributed by atoms with Gasteiger partial charge in [-0.25, -0.2) is 13.4 Å². The standard InChI is InChI=1S/C19H21N5O4S/c1-22(13-19-20-15-6-2-3-7-16(15)21-19)17-9-8-14(24(25)26)12-18(17)29(27,28)23-10-4-5-11-23/h2-3,6-9,12H,4-5,10-11,13H2,1H3,(H,20,21). The van der Waals surface area contributed by atoms with Crippen molar-refractivity contribution < 1.29 is 13.3 Å². The number of hydrogen-bond donors (Lipinski definition) is 1. The van der Waals surface area contributed by atoms with Crippen LogP contribution < -0.4 is 4.90 Å². The largest absolute Gasteiger partial charge is 0.366 e. The van der Waals surface area contributed by atoms with E-state index >= 15 is 0 Å². The van der Waals surface area contributed by atoms with Gasteiger partial charge >= 0.3 is 0 Å². The smallest absolute Gasteiger partial charge is 0.270 e. The summed E-state index contributed by atoms with van der Waals surface area (Å²) in [5.41, 5.74) is 1.88. The highest BCUT2D eigenvalue weighted by atomic mass is 32.2. The second kappa shape index (κ2) is 7.45. The number of rotatable bonds is 6. The monoisotopic (exact) mass is 415 g/mol. The Morgan fingerprint density at radius 1 is 1.21 bits per heavy atom. The minimum absolute atomic E-state index is 0.0489. The van der Waals surface area contributed by atoms with Gasteiger partial charge in [-0.05, 0) is 31.0 Å². The summed E-state index contributed by atoms with van der Waals surface area (Å²) in [6.45, 7) is 1.19. The summed E-state index contributed by atoms with van der Waals surface area (Å²) in [7, 11) is -2.08. The molecule has 3 aromatic rings. The number of nitro groups is 1. The second-order valence-corrected chi connectivity index (χ2v) is 8.98. The number of sulfonamides is 1. The third-order valence-corrected chi connectivity index (χ3v) is 7.00. The molecule has 1 fully saturated rings. The van der Waals surface area contributed by atoms with E-state index in [1.807, 2.05) is 24.3 Å². The Bertz CT molecular complexity index is 1140. The number of imidazole rings is 1. The van der Waals surface area contributed by atoms with Gasteiger partial charge in [0.1, 0.15) is 10.7 Å². The van der Waals surface area contributed by atoms with Crippen molar-refractivity contribution in [3.8, 4) is 0 Å². The van der Waals surface area contributed by atoms with Gasteiger partial charge in [-0.3, -0.25) is 10.1 Å². The van der Waals surface area contributed by atoms with Gasteiger partial charge < -0.3 is 9.88 Å². The van der Waals surface area contributed by atoms with Gasteiger partial charge in [0.25, 0.3) is 5.69 Å². The molecular weight excluding hydrogens is 394 g/mol. The fourth-order valence-electron chi connectivity index (χ4n) is 3.60. The summed E-state index contributed by atoms with van der Waals surface area (Å²) < 4.78 is 27.8. The minimum Gasteiger partial charge on any atom is -0.366 e. The number of nitro benzene ring substituents is 1. The molecule has 0 bridgehead atoms. The highest BCUT2D eigenvalue weighted by Crippen LogP contribution is 2.33. The van der Waals surface area contributed by atoms with Crippen LogP contribution >= 0.6 is 0 Å². The predicted molar refractivity (Wildman–Crippen MR) is 109 cm³/mol. The van der Waals surface area contributed by atoms with E-state index in [1.54, 1.807) is 11.9 Å². The van der Waals surface area contributed by atoms with Crippen molar-refractivity contribution in [1.29, 1.82) is 0 Å². The number of nitrogens with zero attached hydrogens (tertiary/aromatic N) is 4. The van der Waals surface area contributed by atoms with Crippen molar-refractivity contribution in [2.75, 3.05) is 25.0 Å². The van der Waals surface area contributed by atoms with Gasteiger partial charge in [-0.15, -0.1) is 0 Å². The lowest BCUT2D eigenvalue weighted by Gasteiger charge is -2.24. The summed E-state index contributed by atoms with van der Waals surface area (Å²) in [5.74, 6) is 0.677. The number of benzene rings is 2. The second-order valence-electron chi connectivity index (χ2n) is 7.08. The number of para-hydroxylation sites is 2. The maximum absolute atomic E-state index is 13.2. The Morgan fingerprint density at radius 2 is 1.93 bits per heavy atom. The van der Waals surface area contributed by atoms with Gasteiger partial charge in [0.15, 0.2) is 0 Å². The van der Waals surface area contributed by atoms with Gasteiger partial charge in [-0.2, -0.15) is 4.31 Å². The van der Waals surface area contributed by atoms with Crippen LogP contribution in [0.15, 0.2) is 47.4 Å². The highest BCUT2D eigenvalue weighted by Gasteiger charge is 2.32. The van der Waals surface area contributed by atoms with Gasteiger partial charge in [-0.1, -0.05) is 12.1 Å². The number of aromatic nitrogens is 2. The zero-order valence-corrected chi connectivity index (χ0v) is 16.7. The fraction of sp³-hybridized carbons (Fsp3) is 0.316. The van der Waals surface area contributed by atoms with Crippen LogP contribution in [0.4, 0.5) is 11.4 Å². The van der Waals surface area contributed by atoms with E-state index in [0.29, 0.717) is 31.1 Å². The summed E-state index contributed by atoms with van der Waals surface area (Å²) in [6, 6.07) is 11.6. The zero-order chi connectivity index (χ0) is 20.6. The van der Waals surface area contributed by atoms with Crippen molar-refractivity contribution in [2.24, 2.45) is 0 Å². The summed E-state index contributed by atoms with van der Waals surface area (Å²) >= 11 is 0. The molecule has 4 rings (SSSR count). The molecule has 0 saturated carbocycles. The molecule has 1 saturated heterocycles. The van der Waals surface area contributed by atoms with E-state index in [1.165, 1.54) is 16.4 Å². The van der Waals surface area contributed by atoms with E-state index in [0.717, 1.165) is 29.9 Å². The van der Waals surface area contributed by atoms with Gasteiger partial charge in [0, 0.05) is 32.3 Å². The molecule has 2 heterocycles. The SMILES string of the molecule is CN(Cc1nc2ccccc2[nH]1)c1ccc([N+](=O)[O-])cc1S(=O)(=O)N1CCCC1. The Kier molecular flexibility index (Phi) is 4.97. The average molecular weight is 415 g/mol. The quantitative estimate of drug-likeness (QED) is 0.489. The molecule has 0 aliphatic carbocycles. The number of H-pyrrole nitrogens is 1. The van der Waals surface area contributed by atoms with E-state index in [9.17, 15) is 18.5 Å². The molecule has 1 aromatic heterocycles. The Hall–Kier alpha value is -2.98. The Labute approximate surface area is 168 Å². The van der Waals surface area contributed by atoms with Crippen LogP contribution in [0, 0.1) is 10.1 Å². The summed E-state index contributed by atoms with van der Waals surface area (Å²) in [5, 5.41) is 11.2. The molecule has 1 aliphatic rings. The first-order valence-corrected chi connectivity index (χ1v) is 10.7. The third kappa shape index (κ3) is 3.68. The minimum atomic E-state index is -3.83. The fourth-order valence-corrected chi connectivity index (χ4v) is 5.37. The molecule has 29 heavy (non-hydrogen) atoms. The van der Waals surface area contributed by atoms with Crippen LogP contribution in [-0.2, 0) is 16.6 Å². The number of anilines is 1. The van der Waals surface area contributed by atoms with Crippen LogP contribution in [0.3, 0.4) is 0 Å². The summed E-state index contributed by atoms with van der Waals surface area (Å²) in [4.78, 5) is 20.1. The number of hydrogen-bond acceptors (Lipinski definition) is 6. The van der Waals surface area contributed by atoms with Crippen molar-refractivity contribution in [2.45, 2.75) is 24.3 Å². The van der Waals surface area contributed by atoms with Crippen molar-refractivity contribution in [1.82, 2.24) is 14.3 Å². The van der Waals surface area contributed by atoms with E-state index in [4.69, 9.17) is 0 Å². The number of fused-ring (bicyclic) bond motifs is 1. The van der Waals surface area contributed by atoms with E-state index < -0.39 is 14.9 Å². The molecule has 1 aliphatic heterocycles. The lowest BCUT2D eigenvalue weighted by Crippen LogP contribution is -2.30. The first-order chi connectivity index (χ1) is 13.9. The lowest BCUT2D eigenvalue weighted by molar-refractivity contribution is -0.385. The van der Waals surface area contributed by atoms with Crippen LogP contribution in [0.5, 0.6) is 0 Å². The van der Waals surface area contributed by atoms with Gasteiger partial charge in [0.2, 0.25) is 10.0 Å². The lowest BCUT2D eigenvalue weighted by atomic mass is 10.2. The molecule has 2 aromatic carbocycles.